The minimum absolute atomic E-state index is 0.0319. The molecule has 7 heteroatoms. The monoisotopic (exact) mass is 415 g/mol. The van der Waals surface area contributed by atoms with Crippen LogP contribution in [0.25, 0.3) is 0 Å². The molecule has 6 nitrogen and oxygen atoms in total. The molecule has 0 aliphatic carbocycles. The number of rotatable bonds is 6. The van der Waals surface area contributed by atoms with Gasteiger partial charge < -0.3 is 15.1 Å². The minimum Gasteiger partial charge on any atom is -0.353 e. The highest BCUT2D eigenvalue weighted by Crippen LogP contribution is 2.27. The molecule has 1 saturated heterocycles. The highest BCUT2D eigenvalue weighted by molar-refractivity contribution is 6.31. The Bertz CT molecular complexity index is 849. The van der Waals surface area contributed by atoms with Crippen LogP contribution in [-0.2, 0) is 6.42 Å². The Morgan fingerprint density at radius 2 is 1.86 bits per heavy atom. The molecule has 0 bridgehead atoms. The summed E-state index contributed by atoms with van der Waals surface area (Å²) in [5, 5.41) is 3.76. The molecule has 0 spiro atoms. The van der Waals surface area contributed by atoms with Gasteiger partial charge >= 0.3 is 6.03 Å². The van der Waals surface area contributed by atoms with Gasteiger partial charge in [0, 0.05) is 55.4 Å². The number of hydrogen-bond acceptors (Lipinski definition) is 4. The van der Waals surface area contributed by atoms with Gasteiger partial charge in [-0.1, -0.05) is 43.1 Å². The zero-order valence-electron chi connectivity index (χ0n) is 17.5. The third-order valence-corrected chi connectivity index (χ3v) is 5.67. The van der Waals surface area contributed by atoms with E-state index in [1.54, 1.807) is 0 Å². The first kappa shape index (κ1) is 21.4. The topological polar surface area (TPSA) is 61.4 Å². The van der Waals surface area contributed by atoms with E-state index in [1.807, 2.05) is 43.0 Å². The van der Waals surface area contributed by atoms with E-state index in [9.17, 15) is 4.79 Å². The van der Waals surface area contributed by atoms with Gasteiger partial charge in [-0.05, 0) is 31.9 Å². The van der Waals surface area contributed by atoms with E-state index in [1.165, 1.54) is 0 Å². The molecular weight excluding hydrogens is 386 g/mol. The number of anilines is 1. The first-order valence-corrected chi connectivity index (χ1v) is 10.7. The number of nitrogens with one attached hydrogen (secondary N) is 1. The first-order valence-electron chi connectivity index (χ1n) is 10.3. The van der Waals surface area contributed by atoms with E-state index in [0.29, 0.717) is 19.5 Å². The second-order valence-corrected chi connectivity index (χ2v) is 7.89. The van der Waals surface area contributed by atoms with E-state index >= 15 is 0 Å². The molecule has 2 aromatic rings. The van der Waals surface area contributed by atoms with Gasteiger partial charge in [-0.15, -0.1) is 0 Å². The number of carbonyl (C=O) groups excluding carboxylic acids is 1. The quantitative estimate of drug-likeness (QED) is 0.725. The molecule has 0 unspecified atom stereocenters. The fourth-order valence-electron chi connectivity index (χ4n) is 3.62. The van der Waals surface area contributed by atoms with Gasteiger partial charge in [0.2, 0.25) is 0 Å². The lowest BCUT2D eigenvalue weighted by atomic mass is 10.0. The van der Waals surface area contributed by atoms with Crippen LogP contribution in [0.2, 0.25) is 5.02 Å². The van der Waals surface area contributed by atoms with Crippen LogP contribution in [0, 0.1) is 13.8 Å². The summed E-state index contributed by atoms with van der Waals surface area (Å²) in [5.41, 5.74) is 3.15. The van der Waals surface area contributed by atoms with Crippen molar-refractivity contribution < 1.29 is 4.79 Å². The standard InChI is InChI=1S/C22H30ClN5O/c1-4-5-10-24-22(29)28-13-11-27(12-14-28)21-19(16(2)25-17(3)26-21)15-18-8-6-7-9-20(18)23/h6-9H,4-5,10-15H2,1-3H3,(H,24,29). The van der Waals surface area contributed by atoms with E-state index in [0.717, 1.165) is 66.0 Å². The van der Waals surface area contributed by atoms with Crippen LogP contribution in [0.1, 0.15) is 42.4 Å². The van der Waals surface area contributed by atoms with E-state index in [2.05, 4.69) is 22.1 Å². The lowest BCUT2D eigenvalue weighted by Crippen LogP contribution is -2.52. The van der Waals surface area contributed by atoms with Crippen molar-refractivity contribution in [2.45, 2.75) is 40.0 Å². The van der Waals surface area contributed by atoms with Gasteiger partial charge in [-0.25, -0.2) is 14.8 Å². The molecule has 0 saturated carbocycles. The summed E-state index contributed by atoms with van der Waals surface area (Å²) < 4.78 is 0. The predicted molar refractivity (Wildman–Crippen MR) is 118 cm³/mol. The number of hydrogen-bond donors (Lipinski definition) is 1. The zero-order chi connectivity index (χ0) is 20.8. The molecule has 1 N–H and O–H groups in total. The fourth-order valence-corrected chi connectivity index (χ4v) is 3.83. The number of urea groups is 1. The third-order valence-electron chi connectivity index (χ3n) is 5.30. The smallest absolute Gasteiger partial charge is 0.317 e. The molecule has 2 heterocycles. The number of piperazine rings is 1. The van der Waals surface area contributed by atoms with E-state index in [-0.39, 0.29) is 6.03 Å². The van der Waals surface area contributed by atoms with Crippen molar-refractivity contribution >= 4 is 23.4 Å². The number of carbonyl (C=O) groups is 1. The second kappa shape index (κ2) is 9.92. The molecule has 1 aromatic heterocycles. The maximum absolute atomic E-state index is 12.3. The van der Waals surface area contributed by atoms with Gasteiger partial charge in [-0.2, -0.15) is 0 Å². The number of amides is 2. The molecule has 0 radical (unpaired) electrons. The molecule has 0 atom stereocenters. The van der Waals surface area contributed by atoms with Crippen LogP contribution in [-0.4, -0.2) is 53.6 Å². The number of nitrogens with zero attached hydrogens (tertiary/aromatic N) is 4. The second-order valence-electron chi connectivity index (χ2n) is 7.49. The molecule has 1 fully saturated rings. The normalized spacial score (nSPS) is 14.2. The molecule has 3 rings (SSSR count). The summed E-state index contributed by atoms with van der Waals surface area (Å²) >= 11 is 6.40. The zero-order valence-corrected chi connectivity index (χ0v) is 18.3. The van der Waals surface area contributed by atoms with Crippen molar-refractivity contribution in [3.8, 4) is 0 Å². The van der Waals surface area contributed by atoms with E-state index in [4.69, 9.17) is 16.6 Å². The summed E-state index contributed by atoms with van der Waals surface area (Å²) in [6.45, 7) is 9.70. The van der Waals surface area contributed by atoms with Gasteiger partial charge in [0.05, 0.1) is 0 Å². The van der Waals surface area contributed by atoms with Crippen LogP contribution >= 0.6 is 11.6 Å². The minimum atomic E-state index is 0.0319. The van der Waals surface area contributed by atoms with Crippen molar-refractivity contribution in [1.82, 2.24) is 20.2 Å². The highest BCUT2D eigenvalue weighted by Gasteiger charge is 2.24. The van der Waals surface area contributed by atoms with Crippen molar-refractivity contribution in [3.63, 3.8) is 0 Å². The van der Waals surface area contributed by atoms with Crippen LogP contribution in [0.15, 0.2) is 24.3 Å². The van der Waals surface area contributed by atoms with Crippen LogP contribution in [0.5, 0.6) is 0 Å². The van der Waals surface area contributed by atoms with Gasteiger partial charge in [-0.3, -0.25) is 0 Å². The molecule has 156 valence electrons. The Balaban J connectivity index is 1.74. The lowest BCUT2D eigenvalue weighted by Gasteiger charge is -2.36. The summed E-state index contributed by atoms with van der Waals surface area (Å²) in [6, 6.07) is 7.93. The third kappa shape index (κ3) is 5.38. The van der Waals surface area contributed by atoms with Crippen molar-refractivity contribution in [3.05, 3.63) is 51.9 Å². The van der Waals surface area contributed by atoms with Gasteiger partial charge in [0.15, 0.2) is 0 Å². The first-order chi connectivity index (χ1) is 14.0. The average Bonchev–Trinajstić information content (AvgIpc) is 2.71. The van der Waals surface area contributed by atoms with Gasteiger partial charge in [0.1, 0.15) is 11.6 Å². The Labute approximate surface area is 178 Å². The highest BCUT2D eigenvalue weighted by atomic mass is 35.5. The number of benzene rings is 1. The number of aryl methyl sites for hydroxylation is 2. The Morgan fingerprint density at radius 1 is 1.14 bits per heavy atom. The summed E-state index contributed by atoms with van der Waals surface area (Å²) in [7, 11) is 0. The SMILES string of the molecule is CCCCNC(=O)N1CCN(c2nc(C)nc(C)c2Cc2ccccc2Cl)CC1. The molecule has 1 aromatic carbocycles. The Hall–Kier alpha value is -2.34. The number of aromatic nitrogens is 2. The average molecular weight is 416 g/mol. The van der Waals surface area contributed by atoms with E-state index < -0.39 is 0 Å². The largest absolute Gasteiger partial charge is 0.353 e. The molecular formula is C22H30ClN5O. The predicted octanol–water partition coefficient (Wildman–Crippen LogP) is 3.97. The molecule has 1 aliphatic heterocycles. The summed E-state index contributed by atoms with van der Waals surface area (Å²) in [4.78, 5) is 25.8. The summed E-state index contributed by atoms with van der Waals surface area (Å²) in [5.74, 6) is 1.72. The lowest BCUT2D eigenvalue weighted by molar-refractivity contribution is 0.194. The fraction of sp³-hybridized carbons (Fsp3) is 0.500. The van der Waals surface area contributed by atoms with Gasteiger partial charge in [0.25, 0.3) is 0 Å². The molecule has 1 aliphatic rings. The number of unbranched alkanes of at least 4 members (excludes halogenated alkanes) is 1. The Kier molecular flexibility index (Phi) is 7.31. The summed E-state index contributed by atoms with van der Waals surface area (Å²) in [6.07, 6.45) is 2.78. The maximum atomic E-state index is 12.3. The van der Waals surface area contributed by atoms with Crippen molar-refractivity contribution in [2.24, 2.45) is 0 Å². The molecule has 2 amide bonds. The molecule has 29 heavy (non-hydrogen) atoms. The van der Waals surface area contributed by atoms with Crippen molar-refractivity contribution in [1.29, 1.82) is 0 Å². The Morgan fingerprint density at radius 3 is 2.55 bits per heavy atom. The maximum Gasteiger partial charge on any atom is 0.317 e. The van der Waals surface area contributed by atoms with Crippen LogP contribution in [0.3, 0.4) is 0 Å². The van der Waals surface area contributed by atoms with Crippen molar-refractivity contribution in [2.75, 3.05) is 37.6 Å². The number of halogens is 1. The van der Waals surface area contributed by atoms with Crippen LogP contribution in [0.4, 0.5) is 10.6 Å². The van der Waals surface area contributed by atoms with Crippen LogP contribution < -0.4 is 10.2 Å².